The van der Waals surface area contributed by atoms with Gasteiger partial charge in [0.1, 0.15) is 0 Å². The Morgan fingerprint density at radius 1 is 1.29 bits per heavy atom. The van der Waals surface area contributed by atoms with E-state index < -0.39 is 0 Å². The number of hydrogen-bond donors (Lipinski definition) is 1. The Labute approximate surface area is 84.0 Å². The lowest BCUT2D eigenvalue weighted by molar-refractivity contribution is -0.147. The van der Waals surface area contributed by atoms with Gasteiger partial charge in [-0.2, -0.15) is 0 Å². The Morgan fingerprint density at radius 2 is 1.93 bits per heavy atom. The number of methoxy groups -OCH3 is 1. The third kappa shape index (κ3) is 2.47. The number of rotatable bonds is 2. The molecule has 0 aromatic carbocycles. The van der Waals surface area contributed by atoms with Gasteiger partial charge in [0.15, 0.2) is 0 Å². The molecule has 0 bridgehead atoms. The Morgan fingerprint density at radius 3 is 2.50 bits per heavy atom. The number of nitrogens with one attached hydrogen (secondary N) is 1. The quantitative estimate of drug-likeness (QED) is 0.666. The third-order valence-electron chi connectivity index (χ3n) is 2.83. The predicted octanol–water partition coefficient (Wildman–Crippen LogP) is 0.712. The van der Waals surface area contributed by atoms with Gasteiger partial charge in [-0.3, -0.25) is 9.59 Å². The van der Waals surface area contributed by atoms with Gasteiger partial charge < -0.3 is 10.1 Å². The lowest BCUT2D eigenvalue weighted by Crippen LogP contribution is -2.33. The van der Waals surface area contributed by atoms with Crippen molar-refractivity contribution in [1.82, 2.24) is 5.32 Å². The molecular weight excluding hydrogens is 182 g/mol. The van der Waals surface area contributed by atoms with E-state index in [-0.39, 0.29) is 23.7 Å². The number of esters is 1. The van der Waals surface area contributed by atoms with Gasteiger partial charge >= 0.3 is 5.97 Å². The van der Waals surface area contributed by atoms with E-state index in [2.05, 4.69) is 10.1 Å². The molecule has 1 aliphatic rings. The van der Waals surface area contributed by atoms with E-state index in [1.54, 1.807) is 7.05 Å². The molecule has 1 rings (SSSR count). The summed E-state index contributed by atoms with van der Waals surface area (Å²) in [7, 11) is 3.02. The molecule has 0 unspecified atom stereocenters. The minimum absolute atomic E-state index is 0.0159. The summed E-state index contributed by atoms with van der Waals surface area (Å²) in [6.45, 7) is 0. The van der Waals surface area contributed by atoms with E-state index in [0.29, 0.717) is 6.42 Å². The van der Waals surface area contributed by atoms with Gasteiger partial charge in [0.05, 0.1) is 13.0 Å². The first-order valence-electron chi connectivity index (χ1n) is 4.98. The summed E-state index contributed by atoms with van der Waals surface area (Å²) in [5, 5.41) is 2.62. The van der Waals surface area contributed by atoms with Crippen molar-refractivity contribution in [3.63, 3.8) is 0 Å². The molecule has 4 nitrogen and oxygen atoms in total. The van der Waals surface area contributed by atoms with E-state index in [9.17, 15) is 9.59 Å². The topological polar surface area (TPSA) is 55.4 Å². The van der Waals surface area contributed by atoms with Crippen LogP contribution in [-0.4, -0.2) is 26.0 Å². The Kier molecular flexibility index (Phi) is 3.92. The highest BCUT2D eigenvalue weighted by molar-refractivity contribution is 5.80. The fraction of sp³-hybridized carbons (Fsp3) is 0.800. The van der Waals surface area contributed by atoms with Crippen molar-refractivity contribution in [2.24, 2.45) is 11.8 Å². The monoisotopic (exact) mass is 199 g/mol. The molecule has 4 heteroatoms. The van der Waals surface area contributed by atoms with E-state index in [4.69, 9.17) is 0 Å². The molecule has 0 radical (unpaired) electrons. The first-order valence-corrected chi connectivity index (χ1v) is 4.98. The lowest BCUT2D eigenvalue weighted by Gasteiger charge is -2.25. The van der Waals surface area contributed by atoms with Crippen LogP contribution in [0.1, 0.15) is 25.7 Å². The zero-order valence-electron chi connectivity index (χ0n) is 8.71. The first-order chi connectivity index (χ1) is 6.69. The van der Waals surface area contributed by atoms with Crippen LogP contribution < -0.4 is 5.32 Å². The third-order valence-corrected chi connectivity index (χ3v) is 2.83. The van der Waals surface area contributed by atoms with Crippen molar-refractivity contribution in [3.05, 3.63) is 0 Å². The Bertz CT molecular complexity index is 205. The lowest BCUT2D eigenvalue weighted by atomic mass is 9.81. The zero-order chi connectivity index (χ0) is 10.6. The summed E-state index contributed by atoms with van der Waals surface area (Å²) in [6, 6.07) is 0. The van der Waals surface area contributed by atoms with E-state index >= 15 is 0 Å². The van der Waals surface area contributed by atoms with Crippen LogP contribution in [0.15, 0.2) is 0 Å². The molecule has 80 valence electrons. The Balaban J connectivity index is 2.51. The van der Waals surface area contributed by atoms with Gasteiger partial charge in [0, 0.05) is 13.0 Å². The van der Waals surface area contributed by atoms with Crippen molar-refractivity contribution < 1.29 is 14.3 Å². The summed E-state index contributed by atoms with van der Waals surface area (Å²) in [4.78, 5) is 22.6. The van der Waals surface area contributed by atoms with Crippen molar-refractivity contribution in [3.8, 4) is 0 Å². The molecule has 2 atom stereocenters. The predicted molar refractivity (Wildman–Crippen MR) is 51.5 cm³/mol. The van der Waals surface area contributed by atoms with Gasteiger partial charge in [-0.15, -0.1) is 0 Å². The average Bonchev–Trinajstić information content (AvgIpc) is 2.27. The van der Waals surface area contributed by atoms with Gasteiger partial charge in [-0.1, -0.05) is 6.42 Å². The summed E-state index contributed by atoms with van der Waals surface area (Å²) in [5.74, 6) is -0.244. The van der Waals surface area contributed by atoms with E-state index in [0.717, 1.165) is 19.3 Å². The van der Waals surface area contributed by atoms with Crippen molar-refractivity contribution in [2.75, 3.05) is 14.2 Å². The molecule has 1 amide bonds. The number of carbonyl (C=O) groups is 2. The fourth-order valence-electron chi connectivity index (χ4n) is 2.01. The van der Waals surface area contributed by atoms with Crippen LogP contribution in [0.4, 0.5) is 0 Å². The largest absolute Gasteiger partial charge is 0.469 e. The maximum atomic E-state index is 11.4. The average molecular weight is 199 g/mol. The minimum atomic E-state index is -0.182. The van der Waals surface area contributed by atoms with Crippen LogP contribution in [0.5, 0.6) is 0 Å². The van der Waals surface area contributed by atoms with Crippen molar-refractivity contribution in [2.45, 2.75) is 25.7 Å². The first kappa shape index (κ1) is 11.0. The second-order valence-electron chi connectivity index (χ2n) is 3.70. The molecule has 1 saturated carbocycles. The molecule has 1 fully saturated rings. The van der Waals surface area contributed by atoms with Gasteiger partial charge in [0.25, 0.3) is 0 Å². The number of ether oxygens (including phenoxy) is 1. The van der Waals surface area contributed by atoms with Crippen molar-refractivity contribution >= 4 is 11.9 Å². The zero-order valence-corrected chi connectivity index (χ0v) is 8.71. The van der Waals surface area contributed by atoms with Gasteiger partial charge in [-0.25, -0.2) is 0 Å². The SMILES string of the molecule is CNC(=O)[C@H]1CCC[C@@H](C(=O)OC)C1. The highest BCUT2D eigenvalue weighted by Gasteiger charge is 2.31. The maximum Gasteiger partial charge on any atom is 0.308 e. The normalized spacial score (nSPS) is 26.7. The smallest absolute Gasteiger partial charge is 0.308 e. The molecule has 0 aromatic rings. The number of carbonyl (C=O) groups excluding carboxylic acids is 2. The fourth-order valence-corrected chi connectivity index (χ4v) is 2.01. The number of hydrogen-bond acceptors (Lipinski definition) is 3. The van der Waals surface area contributed by atoms with Crippen LogP contribution in [0.3, 0.4) is 0 Å². The second-order valence-corrected chi connectivity index (χ2v) is 3.70. The van der Waals surface area contributed by atoms with Crippen LogP contribution in [-0.2, 0) is 14.3 Å². The molecule has 0 spiro atoms. The van der Waals surface area contributed by atoms with Crippen LogP contribution in [0.25, 0.3) is 0 Å². The van der Waals surface area contributed by atoms with Crippen molar-refractivity contribution in [1.29, 1.82) is 0 Å². The van der Waals surface area contributed by atoms with Crippen LogP contribution in [0.2, 0.25) is 0 Å². The molecule has 0 aromatic heterocycles. The highest BCUT2D eigenvalue weighted by Crippen LogP contribution is 2.29. The Hall–Kier alpha value is -1.06. The second kappa shape index (κ2) is 4.98. The molecule has 1 aliphatic carbocycles. The maximum absolute atomic E-state index is 11.4. The molecular formula is C10H17NO3. The molecule has 0 heterocycles. The molecule has 1 N–H and O–H groups in total. The standard InChI is InChI=1S/C10H17NO3/c1-11-9(12)7-4-3-5-8(6-7)10(13)14-2/h7-8H,3-6H2,1-2H3,(H,11,12)/t7-,8+/m0/s1. The van der Waals surface area contributed by atoms with Crippen LogP contribution in [0, 0.1) is 11.8 Å². The molecule has 0 aliphatic heterocycles. The summed E-state index contributed by atoms with van der Waals surface area (Å²) in [5.41, 5.74) is 0. The minimum Gasteiger partial charge on any atom is -0.469 e. The summed E-state index contributed by atoms with van der Waals surface area (Å²) in [6.07, 6.45) is 3.29. The molecule has 0 saturated heterocycles. The van der Waals surface area contributed by atoms with E-state index in [1.807, 2.05) is 0 Å². The molecule has 14 heavy (non-hydrogen) atoms. The highest BCUT2D eigenvalue weighted by atomic mass is 16.5. The van der Waals surface area contributed by atoms with Crippen LogP contribution >= 0.6 is 0 Å². The van der Waals surface area contributed by atoms with E-state index in [1.165, 1.54) is 7.11 Å². The number of amides is 1. The summed E-state index contributed by atoms with van der Waals surface area (Å²) >= 11 is 0. The van der Waals surface area contributed by atoms with Gasteiger partial charge in [0.2, 0.25) is 5.91 Å². The summed E-state index contributed by atoms with van der Waals surface area (Å²) < 4.78 is 4.68. The van der Waals surface area contributed by atoms with Gasteiger partial charge in [-0.05, 0) is 19.3 Å².